The highest BCUT2D eigenvalue weighted by molar-refractivity contribution is 5.77. The smallest absolute Gasteiger partial charge is 0.251 e. The van der Waals surface area contributed by atoms with Crippen LogP contribution in [0.2, 0.25) is 0 Å². The number of benzene rings is 1. The van der Waals surface area contributed by atoms with E-state index in [9.17, 15) is 13.6 Å². The van der Waals surface area contributed by atoms with Crippen molar-refractivity contribution in [2.45, 2.75) is 38.8 Å². The first-order valence-corrected chi connectivity index (χ1v) is 7.44. The summed E-state index contributed by atoms with van der Waals surface area (Å²) in [5, 5.41) is 0. The fourth-order valence-electron chi connectivity index (χ4n) is 2.80. The lowest BCUT2D eigenvalue weighted by Crippen LogP contribution is -2.43. The van der Waals surface area contributed by atoms with Gasteiger partial charge in [-0.2, -0.15) is 0 Å². The molecule has 1 fully saturated rings. The number of carbonyl (C=O) groups is 1. The molecule has 1 unspecified atom stereocenters. The average Bonchev–Trinajstić information content (AvgIpc) is 2.61. The Balaban J connectivity index is 2.09. The number of halogens is 2. The first-order valence-electron chi connectivity index (χ1n) is 7.44. The van der Waals surface area contributed by atoms with E-state index in [1.165, 1.54) is 0 Å². The van der Waals surface area contributed by atoms with Crippen LogP contribution in [0, 0.1) is 0 Å². The molecule has 1 heterocycles. The van der Waals surface area contributed by atoms with E-state index in [1.807, 2.05) is 42.2 Å². The molecule has 21 heavy (non-hydrogen) atoms. The molecule has 1 aliphatic rings. The van der Waals surface area contributed by atoms with Gasteiger partial charge in [-0.15, -0.1) is 0 Å². The molecule has 1 aromatic carbocycles. The van der Waals surface area contributed by atoms with Gasteiger partial charge < -0.3 is 4.90 Å². The first-order chi connectivity index (χ1) is 10.1. The number of alkyl halides is 2. The normalized spacial score (nSPS) is 20.9. The van der Waals surface area contributed by atoms with Crippen LogP contribution in [-0.2, 0) is 11.3 Å². The van der Waals surface area contributed by atoms with Gasteiger partial charge in [0, 0.05) is 32.1 Å². The van der Waals surface area contributed by atoms with Gasteiger partial charge in [0.15, 0.2) is 0 Å². The van der Waals surface area contributed by atoms with Crippen LogP contribution in [0.3, 0.4) is 0 Å². The van der Waals surface area contributed by atoms with Gasteiger partial charge in [0.1, 0.15) is 0 Å². The zero-order valence-electron chi connectivity index (χ0n) is 12.3. The minimum Gasteiger partial charge on any atom is -0.334 e. The van der Waals surface area contributed by atoms with Crippen LogP contribution in [0.1, 0.15) is 25.3 Å². The zero-order chi connectivity index (χ0) is 15.2. The monoisotopic (exact) mass is 296 g/mol. The van der Waals surface area contributed by atoms with Gasteiger partial charge in [-0.05, 0) is 12.0 Å². The Morgan fingerprint density at radius 3 is 2.62 bits per heavy atom. The van der Waals surface area contributed by atoms with E-state index in [2.05, 4.69) is 0 Å². The second-order valence-electron chi connectivity index (χ2n) is 5.47. The van der Waals surface area contributed by atoms with Crippen LogP contribution < -0.4 is 0 Å². The summed E-state index contributed by atoms with van der Waals surface area (Å²) in [4.78, 5) is 15.9. The molecular formula is C16H22F2N2O. The largest absolute Gasteiger partial charge is 0.334 e. The van der Waals surface area contributed by atoms with Crippen LogP contribution in [0.25, 0.3) is 0 Å². The minimum absolute atomic E-state index is 0.000967. The summed E-state index contributed by atoms with van der Waals surface area (Å²) in [6.45, 7) is 3.26. The van der Waals surface area contributed by atoms with E-state index in [-0.39, 0.29) is 18.5 Å². The predicted molar refractivity (Wildman–Crippen MR) is 78.1 cm³/mol. The van der Waals surface area contributed by atoms with Crippen molar-refractivity contribution in [2.24, 2.45) is 0 Å². The lowest BCUT2D eigenvalue weighted by Gasteiger charge is -2.31. The molecule has 3 nitrogen and oxygen atoms in total. The Morgan fingerprint density at radius 2 is 2.00 bits per heavy atom. The van der Waals surface area contributed by atoms with Crippen LogP contribution in [0.15, 0.2) is 30.3 Å². The quantitative estimate of drug-likeness (QED) is 0.834. The van der Waals surface area contributed by atoms with Crippen LogP contribution in [0.4, 0.5) is 8.78 Å². The summed E-state index contributed by atoms with van der Waals surface area (Å²) < 4.78 is 25.2. The van der Waals surface area contributed by atoms with Gasteiger partial charge in [0.2, 0.25) is 5.91 Å². The highest BCUT2D eigenvalue weighted by atomic mass is 19.3. The lowest BCUT2D eigenvalue weighted by molar-refractivity contribution is -0.133. The molecule has 0 spiro atoms. The van der Waals surface area contributed by atoms with Gasteiger partial charge in [-0.3, -0.25) is 9.69 Å². The molecule has 0 aliphatic carbocycles. The summed E-state index contributed by atoms with van der Waals surface area (Å²) in [6.07, 6.45) is -1.26. The summed E-state index contributed by atoms with van der Waals surface area (Å²) in [7, 11) is 0. The van der Waals surface area contributed by atoms with Gasteiger partial charge in [-0.25, -0.2) is 8.78 Å². The number of hydrogen-bond donors (Lipinski definition) is 0. The molecule has 0 radical (unpaired) electrons. The zero-order valence-corrected chi connectivity index (χ0v) is 12.3. The summed E-state index contributed by atoms with van der Waals surface area (Å²) in [5.41, 5.74) is 1.08. The molecule has 1 atom stereocenters. The Bertz CT molecular complexity index is 453. The van der Waals surface area contributed by atoms with Crippen molar-refractivity contribution in [3.05, 3.63) is 35.9 Å². The van der Waals surface area contributed by atoms with Crippen LogP contribution in [-0.4, -0.2) is 47.8 Å². The predicted octanol–water partition coefficient (Wildman–Crippen LogP) is 2.76. The topological polar surface area (TPSA) is 23.6 Å². The third kappa shape index (κ3) is 4.49. The summed E-state index contributed by atoms with van der Waals surface area (Å²) in [5.74, 6) is 0.0578. The number of nitrogens with zero attached hydrogens (tertiary/aromatic N) is 2. The Kier molecular flexibility index (Phi) is 5.67. The Labute approximate surface area is 124 Å². The molecule has 116 valence electrons. The van der Waals surface area contributed by atoms with Crippen LogP contribution in [0.5, 0.6) is 0 Å². The molecule has 1 aliphatic heterocycles. The maximum atomic E-state index is 12.6. The van der Waals surface area contributed by atoms with E-state index < -0.39 is 6.43 Å². The van der Waals surface area contributed by atoms with E-state index >= 15 is 0 Å². The van der Waals surface area contributed by atoms with E-state index in [0.29, 0.717) is 26.1 Å². The molecule has 0 aromatic heterocycles. The summed E-state index contributed by atoms with van der Waals surface area (Å²) >= 11 is 0. The van der Waals surface area contributed by atoms with Gasteiger partial charge in [-0.1, -0.05) is 37.3 Å². The highest BCUT2D eigenvalue weighted by Gasteiger charge is 2.29. The Hall–Kier alpha value is -1.49. The molecule has 1 aromatic rings. The standard InChI is InChI=1S/C16H22F2N2O/c1-2-14-11-19(12-15(17)18)9-8-16(21)20(14)10-13-6-4-3-5-7-13/h3-7,14-15H,2,8-12H2,1H3. The van der Waals surface area contributed by atoms with Gasteiger partial charge in [0.25, 0.3) is 6.43 Å². The molecule has 0 saturated carbocycles. The molecule has 0 bridgehead atoms. The molecule has 5 heteroatoms. The van der Waals surface area contributed by atoms with Crippen molar-refractivity contribution in [1.29, 1.82) is 0 Å². The number of hydrogen-bond acceptors (Lipinski definition) is 2. The Morgan fingerprint density at radius 1 is 1.29 bits per heavy atom. The summed E-state index contributed by atoms with van der Waals surface area (Å²) in [6, 6.07) is 9.81. The maximum absolute atomic E-state index is 12.6. The van der Waals surface area contributed by atoms with Crippen LogP contribution >= 0.6 is 0 Å². The average molecular weight is 296 g/mol. The van der Waals surface area contributed by atoms with Gasteiger partial charge in [0.05, 0.1) is 6.54 Å². The fourth-order valence-corrected chi connectivity index (χ4v) is 2.80. The highest BCUT2D eigenvalue weighted by Crippen LogP contribution is 2.18. The van der Waals surface area contributed by atoms with Crippen molar-refractivity contribution in [1.82, 2.24) is 9.80 Å². The van der Waals surface area contributed by atoms with Crippen molar-refractivity contribution < 1.29 is 13.6 Å². The molecular weight excluding hydrogens is 274 g/mol. The van der Waals surface area contributed by atoms with Crippen molar-refractivity contribution in [3.8, 4) is 0 Å². The third-order valence-corrected chi connectivity index (χ3v) is 3.94. The minimum atomic E-state index is -2.35. The third-order valence-electron chi connectivity index (χ3n) is 3.94. The SMILES string of the molecule is CCC1CN(CC(F)F)CCC(=O)N1Cc1ccccc1. The lowest BCUT2D eigenvalue weighted by atomic mass is 10.1. The molecule has 2 rings (SSSR count). The van der Waals surface area contributed by atoms with Crippen molar-refractivity contribution in [3.63, 3.8) is 0 Å². The molecule has 1 amide bonds. The second kappa shape index (κ2) is 7.50. The maximum Gasteiger partial charge on any atom is 0.251 e. The van der Waals surface area contributed by atoms with E-state index in [0.717, 1.165) is 12.0 Å². The van der Waals surface area contributed by atoms with E-state index in [1.54, 1.807) is 4.90 Å². The number of amides is 1. The molecule has 1 saturated heterocycles. The number of rotatable bonds is 5. The van der Waals surface area contributed by atoms with Crippen molar-refractivity contribution >= 4 is 5.91 Å². The second-order valence-corrected chi connectivity index (χ2v) is 5.47. The first kappa shape index (κ1) is 15.9. The molecule has 0 N–H and O–H groups in total. The van der Waals surface area contributed by atoms with Crippen molar-refractivity contribution in [2.75, 3.05) is 19.6 Å². The fraction of sp³-hybridized carbons (Fsp3) is 0.562. The van der Waals surface area contributed by atoms with E-state index in [4.69, 9.17) is 0 Å². The van der Waals surface area contributed by atoms with Gasteiger partial charge >= 0.3 is 0 Å². The number of carbonyl (C=O) groups excluding carboxylic acids is 1.